The van der Waals surface area contributed by atoms with Crippen LogP contribution in [0.5, 0.6) is 0 Å². The second kappa shape index (κ2) is 5.99. The Morgan fingerprint density at radius 3 is 2.62 bits per heavy atom. The second-order valence-corrected chi connectivity index (χ2v) is 5.55. The number of hydrogen-bond acceptors (Lipinski definition) is 3. The van der Waals surface area contributed by atoms with Crippen molar-refractivity contribution in [1.29, 1.82) is 0 Å². The highest BCUT2D eigenvalue weighted by Crippen LogP contribution is 2.34. The highest BCUT2D eigenvalue weighted by Gasteiger charge is 2.22. The Bertz CT molecular complexity index is 614. The number of hydrogen-bond donors (Lipinski definition) is 2. The molecule has 5 heteroatoms. The van der Waals surface area contributed by atoms with E-state index in [2.05, 4.69) is 10.4 Å². The first kappa shape index (κ1) is 13.7. The van der Waals surface area contributed by atoms with E-state index in [1.807, 2.05) is 30.3 Å². The summed E-state index contributed by atoms with van der Waals surface area (Å²) >= 11 is 0. The first-order valence-corrected chi connectivity index (χ1v) is 7.45. The molecule has 1 fully saturated rings. The van der Waals surface area contributed by atoms with E-state index in [-0.39, 0.29) is 6.03 Å². The van der Waals surface area contributed by atoms with Crippen molar-refractivity contribution in [3.63, 3.8) is 0 Å². The van der Waals surface area contributed by atoms with E-state index < -0.39 is 0 Å². The van der Waals surface area contributed by atoms with E-state index in [4.69, 9.17) is 5.73 Å². The van der Waals surface area contributed by atoms with Gasteiger partial charge in [-0.05, 0) is 25.0 Å². The summed E-state index contributed by atoms with van der Waals surface area (Å²) in [5.41, 5.74) is 8.28. The van der Waals surface area contributed by atoms with Gasteiger partial charge in [-0.15, -0.1) is 0 Å². The van der Waals surface area contributed by atoms with Gasteiger partial charge in [0.1, 0.15) is 0 Å². The Kier molecular flexibility index (Phi) is 3.90. The minimum Gasteiger partial charge on any atom is -0.396 e. The zero-order valence-electron chi connectivity index (χ0n) is 12.0. The van der Waals surface area contributed by atoms with Gasteiger partial charge in [0.05, 0.1) is 17.6 Å². The maximum absolute atomic E-state index is 12.2. The molecule has 1 amide bonds. The molecule has 1 saturated carbocycles. The largest absolute Gasteiger partial charge is 0.396 e. The Morgan fingerprint density at radius 1 is 1.19 bits per heavy atom. The molecule has 21 heavy (non-hydrogen) atoms. The van der Waals surface area contributed by atoms with Gasteiger partial charge in [-0.1, -0.05) is 37.5 Å². The van der Waals surface area contributed by atoms with Gasteiger partial charge >= 0.3 is 6.03 Å². The van der Waals surface area contributed by atoms with Crippen LogP contribution in [0.3, 0.4) is 0 Å². The number of para-hydroxylation sites is 1. The van der Waals surface area contributed by atoms with Crippen LogP contribution < -0.4 is 11.1 Å². The Morgan fingerprint density at radius 2 is 1.90 bits per heavy atom. The van der Waals surface area contributed by atoms with Crippen molar-refractivity contribution < 1.29 is 4.79 Å². The first-order valence-electron chi connectivity index (χ1n) is 7.45. The fourth-order valence-corrected chi connectivity index (χ4v) is 2.90. The number of rotatable bonds is 2. The van der Waals surface area contributed by atoms with Gasteiger partial charge in [0.25, 0.3) is 0 Å². The second-order valence-electron chi connectivity index (χ2n) is 5.55. The zero-order chi connectivity index (χ0) is 14.7. The predicted octanol–water partition coefficient (Wildman–Crippen LogP) is 3.59. The van der Waals surface area contributed by atoms with Crippen molar-refractivity contribution in [2.45, 2.75) is 38.0 Å². The summed E-state index contributed by atoms with van der Waals surface area (Å²) in [6, 6.07) is 9.05. The summed E-state index contributed by atoms with van der Waals surface area (Å²) in [7, 11) is 0. The summed E-state index contributed by atoms with van der Waals surface area (Å²) in [5.74, 6) is 0.393. The molecule has 3 rings (SSSR count). The normalized spacial score (nSPS) is 15.8. The van der Waals surface area contributed by atoms with Crippen LogP contribution in [0.1, 0.15) is 43.7 Å². The van der Waals surface area contributed by atoms with E-state index in [0.717, 1.165) is 24.2 Å². The van der Waals surface area contributed by atoms with Crippen molar-refractivity contribution in [3.05, 3.63) is 42.2 Å². The van der Waals surface area contributed by atoms with Crippen LogP contribution >= 0.6 is 0 Å². The monoisotopic (exact) mass is 284 g/mol. The van der Waals surface area contributed by atoms with Gasteiger partial charge in [0.2, 0.25) is 0 Å². The number of carbonyl (C=O) groups excluding carboxylic acids is 1. The standard InChI is InChI=1S/C16H20N4O/c17-14-11-20(16(21)18-13-9-5-2-6-10-13)19-15(14)12-7-3-1-4-8-12/h2,5-6,9-12H,1,3-4,7-8,17H2,(H,18,21). The number of amides is 1. The van der Waals surface area contributed by atoms with Crippen molar-refractivity contribution in [1.82, 2.24) is 9.78 Å². The van der Waals surface area contributed by atoms with E-state index in [0.29, 0.717) is 11.6 Å². The molecule has 110 valence electrons. The molecule has 0 atom stereocenters. The van der Waals surface area contributed by atoms with Crippen molar-refractivity contribution >= 4 is 17.4 Å². The minimum atomic E-state index is -0.282. The lowest BCUT2D eigenvalue weighted by atomic mass is 9.86. The lowest BCUT2D eigenvalue weighted by Crippen LogP contribution is -2.20. The summed E-state index contributed by atoms with van der Waals surface area (Å²) < 4.78 is 1.31. The van der Waals surface area contributed by atoms with E-state index >= 15 is 0 Å². The summed E-state index contributed by atoms with van der Waals surface area (Å²) in [6.07, 6.45) is 7.55. The number of nitrogens with zero attached hydrogens (tertiary/aromatic N) is 2. The van der Waals surface area contributed by atoms with Crippen LogP contribution in [0, 0.1) is 0 Å². The third kappa shape index (κ3) is 3.07. The van der Waals surface area contributed by atoms with Crippen LogP contribution in [0.25, 0.3) is 0 Å². The molecule has 1 aliphatic rings. The number of aromatic nitrogens is 2. The topological polar surface area (TPSA) is 72.9 Å². The van der Waals surface area contributed by atoms with E-state index in [1.165, 1.54) is 23.9 Å². The van der Waals surface area contributed by atoms with Crippen LogP contribution in [0.2, 0.25) is 0 Å². The number of benzene rings is 1. The van der Waals surface area contributed by atoms with Crippen LogP contribution in [-0.2, 0) is 0 Å². The van der Waals surface area contributed by atoms with Crippen LogP contribution in [0.15, 0.2) is 36.5 Å². The summed E-state index contributed by atoms with van der Waals surface area (Å²) in [5, 5.41) is 7.22. The molecule has 0 radical (unpaired) electrons. The average molecular weight is 284 g/mol. The molecule has 0 unspecified atom stereocenters. The Hall–Kier alpha value is -2.30. The zero-order valence-corrected chi connectivity index (χ0v) is 12.0. The average Bonchev–Trinajstić information content (AvgIpc) is 2.91. The molecule has 1 aromatic carbocycles. The SMILES string of the molecule is Nc1cn(C(=O)Nc2ccccc2)nc1C1CCCCC1. The number of nitrogens with one attached hydrogen (secondary N) is 1. The molecule has 2 aromatic rings. The predicted molar refractivity (Wildman–Crippen MR) is 83.3 cm³/mol. The number of nitrogens with two attached hydrogens (primary N) is 1. The Labute approximate surface area is 124 Å². The highest BCUT2D eigenvalue weighted by atomic mass is 16.2. The first-order chi connectivity index (χ1) is 10.2. The van der Waals surface area contributed by atoms with E-state index in [9.17, 15) is 4.79 Å². The van der Waals surface area contributed by atoms with Crippen LogP contribution in [-0.4, -0.2) is 15.8 Å². The third-order valence-corrected chi connectivity index (χ3v) is 4.00. The van der Waals surface area contributed by atoms with Crippen molar-refractivity contribution in [2.24, 2.45) is 0 Å². The molecule has 0 saturated heterocycles. The summed E-state index contributed by atoms with van der Waals surface area (Å²) in [4.78, 5) is 12.2. The molecule has 5 nitrogen and oxygen atoms in total. The highest BCUT2D eigenvalue weighted by molar-refractivity contribution is 5.90. The lowest BCUT2D eigenvalue weighted by Gasteiger charge is -2.19. The molecule has 3 N–H and O–H groups in total. The van der Waals surface area contributed by atoms with Crippen molar-refractivity contribution in [2.75, 3.05) is 11.1 Å². The molecular weight excluding hydrogens is 264 g/mol. The fraction of sp³-hybridized carbons (Fsp3) is 0.375. The van der Waals surface area contributed by atoms with Crippen LogP contribution in [0.4, 0.5) is 16.2 Å². The number of carbonyl (C=O) groups is 1. The quantitative estimate of drug-likeness (QED) is 0.885. The molecule has 1 aromatic heterocycles. The maximum atomic E-state index is 12.2. The number of anilines is 2. The minimum absolute atomic E-state index is 0.282. The van der Waals surface area contributed by atoms with Gasteiger partial charge in [0.15, 0.2) is 0 Å². The van der Waals surface area contributed by atoms with Crippen molar-refractivity contribution in [3.8, 4) is 0 Å². The maximum Gasteiger partial charge on any atom is 0.346 e. The molecule has 1 heterocycles. The van der Waals surface area contributed by atoms with Gasteiger partial charge in [-0.3, -0.25) is 0 Å². The molecule has 0 bridgehead atoms. The van der Waals surface area contributed by atoms with Gasteiger partial charge in [-0.2, -0.15) is 9.78 Å². The lowest BCUT2D eigenvalue weighted by molar-refractivity contribution is 0.250. The molecule has 0 spiro atoms. The fourth-order valence-electron chi connectivity index (χ4n) is 2.90. The molecule has 1 aliphatic carbocycles. The number of nitrogen functional groups attached to an aromatic ring is 1. The smallest absolute Gasteiger partial charge is 0.346 e. The third-order valence-electron chi connectivity index (χ3n) is 4.00. The van der Waals surface area contributed by atoms with Gasteiger partial charge in [0, 0.05) is 11.6 Å². The van der Waals surface area contributed by atoms with Gasteiger partial charge in [-0.25, -0.2) is 4.79 Å². The molecular formula is C16H20N4O. The summed E-state index contributed by atoms with van der Waals surface area (Å²) in [6.45, 7) is 0. The Balaban J connectivity index is 1.75. The van der Waals surface area contributed by atoms with Gasteiger partial charge < -0.3 is 11.1 Å². The molecule has 0 aliphatic heterocycles. The van der Waals surface area contributed by atoms with E-state index in [1.54, 1.807) is 6.20 Å².